The highest BCUT2D eigenvalue weighted by Gasteiger charge is 2.15. The number of rotatable bonds is 7. The summed E-state index contributed by atoms with van der Waals surface area (Å²) in [5.74, 6) is 5.09. The number of hydrogen-bond acceptors (Lipinski definition) is 8. The summed E-state index contributed by atoms with van der Waals surface area (Å²) in [6.07, 6.45) is 1.12. The SMILES string of the molecule is CS(=O)(=O)c1ccc(COC(=S)NN)c(Sc2ccc(F)cc2CSC(=N)N)c1. The predicted octanol–water partition coefficient (Wildman–Crippen LogP) is 2.77. The van der Waals surface area contributed by atoms with Crippen LogP contribution < -0.4 is 17.0 Å². The summed E-state index contributed by atoms with van der Waals surface area (Å²) in [6, 6.07) is 8.92. The second-order valence-electron chi connectivity index (χ2n) is 5.77. The lowest BCUT2D eigenvalue weighted by Gasteiger charge is -2.14. The number of halogens is 1. The summed E-state index contributed by atoms with van der Waals surface area (Å²) < 4.78 is 43.0. The first-order valence-corrected chi connectivity index (χ1v) is 12.1. The number of hydrazine groups is 1. The molecule has 0 unspecified atom stereocenters. The Morgan fingerprint density at radius 1 is 1.24 bits per heavy atom. The van der Waals surface area contributed by atoms with Gasteiger partial charge in [0.05, 0.1) is 4.90 Å². The van der Waals surface area contributed by atoms with Crippen LogP contribution in [0, 0.1) is 11.2 Å². The highest BCUT2D eigenvalue weighted by Crippen LogP contribution is 2.36. The summed E-state index contributed by atoms with van der Waals surface area (Å²) in [6.45, 7) is 0.0636. The van der Waals surface area contributed by atoms with E-state index in [2.05, 4.69) is 5.43 Å². The van der Waals surface area contributed by atoms with Gasteiger partial charge in [0.25, 0.3) is 5.17 Å². The molecule has 0 amide bonds. The van der Waals surface area contributed by atoms with Crippen molar-refractivity contribution < 1.29 is 17.5 Å². The van der Waals surface area contributed by atoms with Crippen LogP contribution in [0.1, 0.15) is 11.1 Å². The Morgan fingerprint density at radius 2 is 1.97 bits per heavy atom. The van der Waals surface area contributed by atoms with E-state index in [0.29, 0.717) is 26.7 Å². The highest BCUT2D eigenvalue weighted by molar-refractivity contribution is 8.13. The van der Waals surface area contributed by atoms with Gasteiger partial charge in [-0.1, -0.05) is 29.6 Å². The van der Waals surface area contributed by atoms with E-state index < -0.39 is 15.7 Å². The third kappa shape index (κ3) is 7.16. The first-order chi connectivity index (χ1) is 13.6. The minimum atomic E-state index is -3.43. The minimum absolute atomic E-state index is 0.00605. The Balaban J connectivity index is 2.43. The molecule has 12 heteroatoms. The van der Waals surface area contributed by atoms with Crippen LogP contribution >= 0.6 is 35.7 Å². The maximum atomic E-state index is 13.7. The van der Waals surface area contributed by atoms with Crippen LogP contribution in [0.15, 0.2) is 51.1 Å². The van der Waals surface area contributed by atoms with Crippen molar-refractivity contribution in [2.75, 3.05) is 6.26 Å². The van der Waals surface area contributed by atoms with Crippen LogP contribution in [-0.4, -0.2) is 25.0 Å². The van der Waals surface area contributed by atoms with Crippen LogP contribution in [0.4, 0.5) is 4.39 Å². The average Bonchev–Trinajstić information content (AvgIpc) is 2.65. The van der Waals surface area contributed by atoms with Gasteiger partial charge in [-0.15, -0.1) is 0 Å². The molecule has 0 fully saturated rings. The van der Waals surface area contributed by atoms with Crippen LogP contribution in [0.2, 0.25) is 0 Å². The molecule has 0 saturated heterocycles. The fourth-order valence-corrected chi connectivity index (χ4v) is 4.70. The lowest BCUT2D eigenvalue weighted by molar-refractivity contribution is 0.284. The molecule has 0 aliphatic carbocycles. The van der Waals surface area contributed by atoms with Crippen molar-refractivity contribution in [2.24, 2.45) is 11.6 Å². The summed E-state index contributed by atoms with van der Waals surface area (Å²) in [5, 5.41) is 7.27. The maximum Gasteiger partial charge on any atom is 0.271 e. The van der Waals surface area contributed by atoms with Crippen molar-refractivity contribution in [3.05, 3.63) is 53.3 Å². The van der Waals surface area contributed by atoms with E-state index in [4.69, 9.17) is 33.9 Å². The van der Waals surface area contributed by atoms with Crippen molar-refractivity contribution in [3.63, 3.8) is 0 Å². The quantitative estimate of drug-likeness (QED) is 0.157. The number of ether oxygens (including phenoxy) is 1. The summed E-state index contributed by atoms with van der Waals surface area (Å²) in [7, 11) is -3.43. The Bertz CT molecular complexity index is 1030. The number of sulfone groups is 1. The largest absolute Gasteiger partial charge is 0.465 e. The number of nitrogens with two attached hydrogens (primary N) is 2. The number of amidine groups is 1. The van der Waals surface area contributed by atoms with E-state index in [1.165, 1.54) is 36.0 Å². The van der Waals surface area contributed by atoms with Gasteiger partial charge in [0, 0.05) is 27.4 Å². The molecule has 29 heavy (non-hydrogen) atoms. The molecule has 0 aromatic heterocycles. The van der Waals surface area contributed by atoms with Crippen LogP contribution in [0.25, 0.3) is 0 Å². The zero-order valence-corrected chi connectivity index (χ0v) is 18.5. The molecule has 7 nitrogen and oxygen atoms in total. The predicted molar refractivity (Wildman–Crippen MR) is 118 cm³/mol. The summed E-state index contributed by atoms with van der Waals surface area (Å²) in [5.41, 5.74) is 8.91. The minimum Gasteiger partial charge on any atom is -0.465 e. The van der Waals surface area contributed by atoms with Gasteiger partial charge < -0.3 is 10.5 Å². The van der Waals surface area contributed by atoms with Crippen LogP contribution in [0.3, 0.4) is 0 Å². The molecule has 0 aliphatic rings. The molecule has 0 spiro atoms. The Morgan fingerprint density at radius 3 is 2.59 bits per heavy atom. The molecule has 156 valence electrons. The lowest BCUT2D eigenvalue weighted by atomic mass is 10.2. The highest BCUT2D eigenvalue weighted by atomic mass is 32.2. The van der Waals surface area contributed by atoms with Gasteiger partial charge in [-0.3, -0.25) is 10.8 Å². The van der Waals surface area contributed by atoms with Gasteiger partial charge >= 0.3 is 0 Å². The first kappa shape index (κ1) is 23.4. The van der Waals surface area contributed by atoms with Gasteiger partial charge in [0.2, 0.25) is 0 Å². The molecule has 0 bridgehead atoms. The molecule has 0 radical (unpaired) electrons. The molecule has 2 aromatic carbocycles. The number of thiocarbonyl (C=S) groups is 1. The zero-order chi connectivity index (χ0) is 21.6. The van der Waals surface area contributed by atoms with Gasteiger partial charge in [-0.05, 0) is 48.1 Å². The number of benzene rings is 2. The van der Waals surface area contributed by atoms with Crippen LogP contribution in [0.5, 0.6) is 0 Å². The van der Waals surface area contributed by atoms with E-state index in [1.54, 1.807) is 12.1 Å². The molecule has 0 saturated carbocycles. The second kappa shape index (κ2) is 10.3. The average molecular weight is 475 g/mol. The fraction of sp³-hybridized carbons (Fsp3) is 0.176. The summed E-state index contributed by atoms with van der Waals surface area (Å²) >= 11 is 7.20. The first-order valence-electron chi connectivity index (χ1n) is 7.99. The molecule has 0 heterocycles. The van der Waals surface area contributed by atoms with Crippen molar-refractivity contribution in [1.82, 2.24) is 5.43 Å². The smallest absolute Gasteiger partial charge is 0.271 e. The Kier molecular flexibility index (Phi) is 8.28. The van der Waals surface area contributed by atoms with E-state index in [0.717, 1.165) is 18.0 Å². The second-order valence-corrected chi connectivity index (χ2v) is 10.3. The Labute approximate surface area is 182 Å². The maximum absolute atomic E-state index is 13.7. The van der Waals surface area contributed by atoms with Gasteiger partial charge in [-0.25, -0.2) is 18.7 Å². The molecule has 2 rings (SSSR count). The number of nitrogens with one attached hydrogen (secondary N) is 2. The van der Waals surface area contributed by atoms with E-state index in [9.17, 15) is 12.8 Å². The van der Waals surface area contributed by atoms with Crippen molar-refractivity contribution in [2.45, 2.75) is 27.0 Å². The van der Waals surface area contributed by atoms with Gasteiger partial charge in [-0.2, -0.15) is 0 Å². The molecule has 6 N–H and O–H groups in total. The third-order valence-corrected chi connectivity index (χ3v) is 6.90. The molecule has 0 aliphatic heterocycles. The fourth-order valence-electron chi connectivity index (χ4n) is 2.20. The van der Waals surface area contributed by atoms with E-state index in [1.807, 2.05) is 0 Å². The van der Waals surface area contributed by atoms with Gasteiger partial charge in [0.15, 0.2) is 15.0 Å². The molecular weight excluding hydrogens is 455 g/mol. The number of hydrogen-bond donors (Lipinski definition) is 4. The van der Waals surface area contributed by atoms with Crippen LogP contribution in [-0.2, 0) is 26.9 Å². The van der Waals surface area contributed by atoms with Gasteiger partial charge in [0.1, 0.15) is 12.4 Å². The zero-order valence-electron chi connectivity index (χ0n) is 15.3. The Hall–Kier alpha value is -1.86. The van der Waals surface area contributed by atoms with E-state index >= 15 is 0 Å². The molecule has 0 atom stereocenters. The monoisotopic (exact) mass is 474 g/mol. The lowest BCUT2D eigenvalue weighted by Crippen LogP contribution is -2.30. The molecule has 2 aromatic rings. The van der Waals surface area contributed by atoms with Crippen molar-refractivity contribution in [1.29, 1.82) is 5.41 Å². The van der Waals surface area contributed by atoms with E-state index in [-0.39, 0.29) is 21.8 Å². The van der Waals surface area contributed by atoms with Crippen molar-refractivity contribution in [3.8, 4) is 0 Å². The number of thioether (sulfide) groups is 1. The molecular formula is C17H19FN4O3S4. The topological polar surface area (TPSA) is 131 Å². The third-order valence-electron chi connectivity index (χ3n) is 3.57. The standard InChI is InChI=1S/C17H19FN4O3S4/c1-29(23,24)13-4-2-10(8-25-17(26)22-21)15(7-13)28-14-5-3-12(18)6-11(14)9-27-16(19)20/h2-7H,8-9,21H2,1H3,(H3,19,20)(H,22,26). The summed E-state index contributed by atoms with van der Waals surface area (Å²) in [4.78, 5) is 1.45. The normalized spacial score (nSPS) is 11.1. The van der Waals surface area contributed by atoms with Crippen molar-refractivity contribution >= 4 is 55.9 Å².